The Morgan fingerprint density at radius 1 is 1.30 bits per heavy atom. The standard InChI is InChI=1S/C14H23N3O3/c1-8(2)6-12(14(19)15-5)16-13(18)7-11-9(3)17-20-10(11)4/h8,12H,6-7H2,1-5H3,(H,15,19)(H,16,18). The minimum absolute atomic E-state index is 0.173. The number of likely N-dealkylation sites (N-methyl/N-ethyl adjacent to an activating group) is 1. The van der Waals surface area contributed by atoms with Crippen molar-refractivity contribution >= 4 is 11.8 Å². The molecule has 0 saturated carbocycles. The summed E-state index contributed by atoms with van der Waals surface area (Å²) in [7, 11) is 1.57. The number of carbonyl (C=O) groups excluding carboxylic acids is 2. The van der Waals surface area contributed by atoms with E-state index < -0.39 is 6.04 Å². The molecule has 1 aromatic heterocycles. The molecule has 20 heavy (non-hydrogen) atoms. The molecule has 0 aromatic carbocycles. The molecule has 1 rings (SSSR count). The van der Waals surface area contributed by atoms with Crippen molar-refractivity contribution in [1.29, 1.82) is 0 Å². The van der Waals surface area contributed by atoms with Crippen molar-refractivity contribution in [3.05, 3.63) is 17.0 Å². The van der Waals surface area contributed by atoms with Gasteiger partial charge in [-0.05, 0) is 26.2 Å². The average molecular weight is 281 g/mol. The van der Waals surface area contributed by atoms with Gasteiger partial charge in [0.15, 0.2) is 0 Å². The lowest BCUT2D eigenvalue weighted by Crippen LogP contribution is -2.46. The Hall–Kier alpha value is -1.85. The molecule has 0 aliphatic carbocycles. The second-order valence-corrected chi connectivity index (χ2v) is 5.34. The SMILES string of the molecule is CNC(=O)C(CC(C)C)NC(=O)Cc1c(C)noc1C. The topological polar surface area (TPSA) is 84.2 Å². The summed E-state index contributed by atoms with van der Waals surface area (Å²) in [6.07, 6.45) is 0.778. The molecular formula is C14H23N3O3. The number of hydrogen-bond donors (Lipinski definition) is 2. The Morgan fingerprint density at radius 2 is 1.95 bits per heavy atom. The average Bonchev–Trinajstić information content (AvgIpc) is 2.68. The highest BCUT2D eigenvalue weighted by atomic mass is 16.5. The summed E-state index contributed by atoms with van der Waals surface area (Å²) >= 11 is 0. The van der Waals surface area contributed by atoms with Crippen LogP contribution in [0.5, 0.6) is 0 Å². The molecule has 0 radical (unpaired) electrons. The highest BCUT2D eigenvalue weighted by Gasteiger charge is 2.22. The van der Waals surface area contributed by atoms with Gasteiger partial charge in [-0.2, -0.15) is 0 Å². The number of aryl methyl sites for hydroxylation is 2. The summed E-state index contributed by atoms with van der Waals surface area (Å²) in [6, 6.07) is -0.507. The molecule has 1 unspecified atom stereocenters. The Balaban J connectivity index is 2.69. The maximum Gasteiger partial charge on any atom is 0.242 e. The molecule has 0 saturated heterocycles. The molecule has 6 heteroatoms. The van der Waals surface area contributed by atoms with Crippen molar-refractivity contribution in [3.8, 4) is 0 Å². The molecule has 0 aliphatic heterocycles. The van der Waals surface area contributed by atoms with Gasteiger partial charge in [0.2, 0.25) is 11.8 Å². The normalized spacial score (nSPS) is 12.3. The number of carbonyl (C=O) groups is 2. The molecule has 2 amide bonds. The fraction of sp³-hybridized carbons (Fsp3) is 0.643. The van der Waals surface area contributed by atoms with Gasteiger partial charge in [0.05, 0.1) is 12.1 Å². The molecule has 1 aromatic rings. The van der Waals surface area contributed by atoms with E-state index in [9.17, 15) is 9.59 Å². The minimum atomic E-state index is -0.507. The predicted octanol–water partition coefficient (Wildman–Crippen LogP) is 1.11. The van der Waals surface area contributed by atoms with Gasteiger partial charge in [-0.15, -0.1) is 0 Å². The van der Waals surface area contributed by atoms with E-state index in [4.69, 9.17) is 4.52 Å². The largest absolute Gasteiger partial charge is 0.361 e. The van der Waals surface area contributed by atoms with Crippen LogP contribution in [0.1, 0.15) is 37.3 Å². The highest BCUT2D eigenvalue weighted by Crippen LogP contribution is 2.13. The monoisotopic (exact) mass is 281 g/mol. The molecule has 6 nitrogen and oxygen atoms in total. The van der Waals surface area contributed by atoms with Gasteiger partial charge >= 0.3 is 0 Å². The van der Waals surface area contributed by atoms with Crippen LogP contribution in [-0.4, -0.2) is 30.1 Å². The molecule has 2 N–H and O–H groups in total. The van der Waals surface area contributed by atoms with Crippen molar-refractivity contribution in [3.63, 3.8) is 0 Å². The second-order valence-electron chi connectivity index (χ2n) is 5.34. The smallest absolute Gasteiger partial charge is 0.242 e. The zero-order chi connectivity index (χ0) is 15.3. The van der Waals surface area contributed by atoms with E-state index >= 15 is 0 Å². The van der Waals surface area contributed by atoms with Crippen LogP contribution in [0, 0.1) is 19.8 Å². The lowest BCUT2D eigenvalue weighted by molar-refractivity contribution is -0.128. The summed E-state index contributed by atoms with van der Waals surface area (Å²) in [6.45, 7) is 7.59. The second kappa shape index (κ2) is 7.07. The van der Waals surface area contributed by atoms with Gasteiger partial charge in [0.1, 0.15) is 11.8 Å². The molecule has 1 heterocycles. The van der Waals surface area contributed by atoms with Crippen LogP contribution < -0.4 is 10.6 Å². The van der Waals surface area contributed by atoms with Crippen molar-refractivity contribution in [1.82, 2.24) is 15.8 Å². The van der Waals surface area contributed by atoms with E-state index in [0.29, 0.717) is 23.8 Å². The van der Waals surface area contributed by atoms with Crippen LogP contribution in [0.4, 0.5) is 0 Å². The number of nitrogens with zero attached hydrogens (tertiary/aromatic N) is 1. The molecule has 0 fully saturated rings. The maximum atomic E-state index is 12.1. The van der Waals surface area contributed by atoms with Crippen LogP contribution in [0.15, 0.2) is 4.52 Å². The molecule has 0 spiro atoms. The molecule has 1 atom stereocenters. The van der Waals surface area contributed by atoms with Gasteiger partial charge in [0.25, 0.3) is 0 Å². The zero-order valence-corrected chi connectivity index (χ0v) is 12.7. The van der Waals surface area contributed by atoms with Crippen LogP contribution in [-0.2, 0) is 16.0 Å². The zero-order valence-electron chi connectivity index (χ0n) is 12.7. The van der Waals surface area contributed by atoms with E-state index in [0.717, 1.165) is 5.56 Å². The fourth-order valence-electron chi connectivity index (χ4n) is 2.04. The highest BCUT2D eigenvalue weighted by molar-refractivity contribution is 5.88. The van der Waals surface area contributed by atoms with Crippen LogP contribution in [0.25, 0.3) is 0 Å². The molecule has 0 aliphatic rings. The molecular weight excluding hydrogens is 258 g/mol. The third-order valence-electron chi connectivity index (χ3n) is 3.12. The first-order valence-corrected chi connectivity index (χ1v) is 6.77. The summed E-state index contributed by atoms with van der Waals surface area (Å²) in [4.78, 5) is 23.8. The number of nitrogens with one attached hydrogen (secondary N) is 2. The fourth-order valence-corrected chi connectivity index (χ4v) is 2.04. The summed E-state index contributed by atoms with van der Waals surface area (Å²) in [5.41, 5.74) is 1.49. The Morgan fingerprint density at radius 3 is 2.40 bits per heavy atom. The van der Waals surface area contributed by atoms with Crippen molar-refractivity contribution in [2.45, 2.75) is 46.6 Å². The number of rotatable bonds is 6. The quantitative estimate of drug-likeness (QED) is 0.818. The number of aromatic nitrogens is 1. The van der Waals surface area contributed by atoms with E-state index in [1.165, 1.54) is 0 Å². The first kappa shape index (κ1) is 16.2. The number of hydrogen-bond acceptors (Lipinski definition) is 4. The van der Waals surface area contributed by atoms with Gasteiger partial charge in [0, 0.05) is 12.6 Å². The third-order valence-corrected chi connectivity index (χ3v) is 3.12. The van der Waals surface area contributed by atoms with Gasteiger partial charge < -0.3 is 15.2 Å². The van der Waals surface area contributed by atoms with E-state index in [1.54, 1.807) is 20.9 Å². The van der Waals surface area contributed by atoms with Gasteiger partial charge in [-0.25, -0.2) is 0 Å². The molecule has 0 bridgehead atoms. The Labute approximate surface area is 119 Å². The van der Waals surface area contributed by atoms with Crippen LogP contribution in [0.2, 0.25) is 0 Å². The van der Waals surface area contributed by atoms with Crippen LogP contribution >= 0.6 is 0 Å². The predicted molar refractivity (Wildman–Crippen MR) is 75.1 cm³/mol. The molecule has 112 valence electrons. The number of amides is 2. The Bertz CT molecular complexity index is 461. The lowest BCUT2D eigenvalue weighted by Gasteiger charge is -2.19. The summed E-state index contributed by atoms with van der Waals surface area (Å²) in [5.74, 6) is 0.578. The summed E-state index contributed by atoms with van der Waals surface area (Å²) in [5, 5.41) is 9.16. The van der Waals surface area contributed by atoms with Crippen molar-refractivity contribution in [2.24, 2.45) is 5.92 Å². The van der Waals surface area contributed by atoms with Crippen molar-refractivity contribution in [2.75, 3.05) is 7.05 Å². The first-order chi connectivity index (χ1) is 9.35. The maximum absolute atomic E-state index is 12.1. The van der Waals surface area contributed by atoms with E-state index in [1.807, 2.05) is 13.8 Å². The van der Waals surface area contributed by atoms with E-state index in [2.05, 4.69) is 15.8 Å². The van der Waals surface area contributed by atoms with Gasteiger partial charge in [-0.1, -0.05) is 19.0 Å². The van der Waals surface area contributed by atoms with Gasteiger partial charge in [-0.3, -0.25) is 9.59 Å². The Kier molecular flexibility index (Phi) is 5.73. The first-order valence-electron chi connectivity index (χ1n) is 6.77. The van der Waals surface area contributed by atoms with Crippen LogP contribution in [0.3, 0.4) is 0 Å². The lowest BCUT2D eigenvalue weighted by atomic mass is 10.0. The third kappa shape index (κ3) is 4.36. The van der Waals surface area contributed by atoms with E-state index in [-0.39, 0.29) is 18.2 Å². The summed E-state index contributed by atoms with van der Waals surface area (Å²) < 4.78 is 5.03. The minimum Gasteiger partial charge on any atom is -0.361 e. The van der Waals surface area contributed by atoms with Crippen molar-refractivity contribution < 1.29 is 14.1 Å².